The van der Waals surface area contributed by atoms with E-state index in [4.69, 9.17) is 11.6 Å². The molecule has 1 heteroatoms. The van der Waals surface area contributed by atoms with Crippen molar-refractivity contribution in [1.82, 2.24) is 0 Å². The maximum absolute atomic E-state index is 5.91. The molecule has 1 aromatic rings. The zero-order chi connectivity index (χ0) is 7.68. The Morgan fingerprint density at radius 1 is 1.09 bits per heavy atom. The first kappa shape index (κ1) is 6.52. The molecule has 0 fully saturated rings. The van der Waals surface area contributed by atoms with E-state index in [1.807, 2.05) is 30.4 Å². The summed E-state index contributed by atoms with van der Waals surface area (Å²) in [6.07, 6.45) is 3.65. The molecule has 0 bridgehead atoms. The Labute approximate surface area is 69.4 Å². The molecule has 0 nitrogen and oxygen atoms in total. The molecule has 0 N–H and O–H groups in total. The summed E-state index contributed by atoms with van der Waals surface area (Å²) < 4.78 is 0. The Morgan fingerprint density at radius 3 is 2.73 bits per heavy atom. The molecule has 1 aliphatic carbocycles. The van der Waals surface area contributed by atoms with E-state index in [-0.39, 0.29) is 0 Å². The lowest BCUT2D eigenvalue weighted by molar-refractivity contribution is 1.52. The molecule has 0 aromatic heterocycles. The third kappa shape index (κ3) is 1.04. The Kier molecular flexibility index (Phi) is 1.45. The van der Waals surface area contributed by atoms with Crippen LogP contribution < -0.4 is 10.4 Å². The SMILES string of the molecule is Clc1cccc2c1=C=CC=C=2. The van der Waals surface area contributed by atoms with Crippen LogP contribution in [-0.4, -0.2) is 0 Å². The Balaban J connectivity index is 3.15. The van der Waals surface area contributed by atoms with Gasteiger partial charge in [-0.1, -0.05) is 17.7 Å². The van der Waals surface area contributed by atoms with Crippen molar-refractivity contribution in [2.24, 2.45) is 0 Å². The molecule has 1 aromatic carbocycles. The third-order valence-electron chi connectivity index (χ3n) is 1.56. The van der Waals surface area contributed by atoms with Crippen LogP contribution in [0.3, 0.4) is 0 Å². The van der Waals surface area contributed by atoms with Gasteiger partial charge in [0.25, 0.3) is 0 Å². The zero-order valence-corrected chi connectivity index (χ0v) is 6.52. The van der Waals surface area contributed by atoms with Crippen LogP contribution in [-0.2, 0) is 0 Å². The number of hydrogen-bond donors (Lipinski definition) is 0. The van der Waals surface area contributed by atoms with Crippen LogP contribution in [0, 0.1) is 0 Å². The second-order valence-electron chi connectivity index (χ2n) is 2.28. The van der Waals surface area contributed by atoms with Crippen molar-refractivity contribution < 1.29 is 0 Å². The molecular weight excluding hydrogens is 156 g/mol. The summed E-state index contributed by atoms with van der Waals surface area (Å²) in [6.45, 7) is 0. The standard InChI is InChI=1S/C10H5Cl/c11-10-7-3-5-8-4-1-2-6-9(8)10/h1-3,5,7H. The minimum Gasteiger partial charge on any atom is -0.111 e. The molecule has 0 unspecified atom stereocenters. The molecule has 2 rings (SSSR count). The van der Waals surface area contributed by atoms with Crippen LogP contribution in [0.15, 0.2) is 30.4 Å². The van der Waals surface area contributed by atoms with Gasteiger partial charge in [-0.3, -0.25) is 0 Å². The van der Waals surface area contributed by atoms with E-state index in [1.54, 1.807) is 0 Å². The van der Waals surface area contributed by atoms with Crippen molar-refractivity contribution in [2.75, 3.05) is 0 Å². The average Bonchev–Trinajstić information content (AvgIpc) is 2.06. The van der Waals surface area contributed by atoms with Crippen molar-refractivity contribution in [3.63, 3.8) is 0 Å². The number of hydrogen-bond acceptors (Lipinski definition) is 0. The molecular formula is C10H5Cl. The molecule has 0 saturated carbocycles. The van der Waals surface area contributed by atoms with Gasteiger partial charge >= 0.3 is 0 Å². The van der Waals surface area contributed by atoms with Gasteiger partial charge in [0.2, 0.25) is 0 Å². The Hall–Kier alpha value is -1.19. The molecule has 0 spiro atoms. The maximum Gasteiger partial charge on any atom is 0.0568 e. The average molecular weight is 161 g/mol. The largest absolute Gasteiger partial charge is 0.111 e. The van der Waals surface area contributed by atoms with E-state index in [9.17, 15) is 0 Å². The van der Waals surface area contributed by atoms with Crippen molar-refractivity contribution in [2.45, 2.75) is 0 Å². The van der Waals surface area contributed by atoms with Crippen molar-refractivity contribution in [3.05, 3.63) is 45.8 Å². The van der Waals surface area contributed by atoms with Crippen molar-refractivity contribution in [3.8, 4) is 0 Å². The van der Waals surface area contributed by atoms with Crippen molar-refractivity contribution >= 4 is 23.1 Å². The zero-order valence-electron chi connectivity index (χ0n) is 5.76. The molecule has 0 atom stereocenters. The molecule has 52 valence electrons. The van der Waals surface area contributed by atoms with Gasteiger partial charge in [0.1, 0.15) is 0 Å². The van der Waals surface area contributed by atoms with Gasteiger partial charge in [0.05, 0.1) is 10.2 Å². The smallest absolute Gasteiger partial charge is 0.0568 e. The molecule has 0 aliphatic heterocycles. The first-order valence-electron chi connectivity index (χ1n) is 3.34. The van der Waals surface area contributed by atoms with Crippen LogP contribution in [0.5, 0.6) is 0 Å². The quantitative estimate of drug-likeness (QED) is 0.536. The molecule has 11 heavy (non-hydrogen) atoms. The van der Waals surface area contributed by atoms with Crippen molar-refractivity contribution in [1.29, 1.82) is 0 Å². The number of halogens is 1. The summed E-state index contributed by atoms with van der Waals surface area (Å²) in [6, 6.07) is 5.74. The number of benzene rings is 1. The molecule has 0 radical (unpaired) electrons. The van der Waals surface area contributed by atoms with Gasteiger partial charge in [0, 0.05) is 5.22 Å². The summed E-state index contributed by atoms with van der Waals surface area (Å²) in [5.74, 6) is 0. The lowest BCUT2D eigenvalue weighted by Gasteiger charge is -1.90. The summed E-state index contributed by atoms with van der Waals surface area (Å²) in [5.41, 5.74) is 6.13. The summed E-state index contributed by atoms with van der Waals surface area (Å²) >= 11 is 5.91. The predicted molar refractivity (Wildman–Crippen MR) is 46.7 cm³/mol. The van der Waals surface area contributed by atoms with Gasteiger partial charge in [-0.2, -0.15) is 0 Å². The number of allylic oxidation sites excluding steroid dienone is 2. The molecule has 0 heterocycles. The van der Waals surface area contributed by atoms with E-state index < -0.39 is 0 Å². The van der Waals surface area contributed by atoms with Crippen LogP contribution in [0.4, 0.5) is 0 Å². The number of rotatable bonds is 0. The van der Waals surface area contributed by atoms with Crippen LogP contribution in [0.1, 0.15) is 0 Å². The summed E-state index contributed by atoms with van der Waals surface area (Å²) in [5, 5.41) is 2.69. The van der Waals surface area contributed by atoms with Gasteiger partial charge in [-0.05, 0) is 24.3 Å². The predicted octanol–water partition coefficient (Wildman–Crippen LogP) is 1.22. The topological polar surface area (TPSA) is 0 Å². The highest BCUT2D eigenvalue weighted by Gasteiger charge is 1.90. The summed E-state index contributed by atoms with van der Waals surface area (Å²) in [4.78, 5) is 0. The highest BCUT2D eigenvalue weighted by atomic mass is 35.5. The van der Waals surface area contributed by atoms with Gasteiger partial charge in [-0.25, -0.2) is 0 Å². The Morgan fingerprint density at radius 2 is 1.91 bits per heavy atom. The first-order valence-corrected chi connectivity index (χ1v) is 3.72. The van der Waals surface area contributed by atoms with Gasteiger partial charge in [-0.15, -0.1) is 11.5 Å². The second-order valence-corrected chi connectivity index (χ2v) is 2.69. The maximum atomic E-state index is 5.91. The molecule has 0 amide bonds. The lowest BCUT2D eigenvalue weighted by Crippen LogP contribution is -2.23. The van der Waals surface area contributed by atoms with Gasteiger partial charge in [0.15, 0.2) is 0 Å². The minimum absolute atomic E-state index is 0.736. The fourth-order valence-electron chi connectivity index (χ4n) is 1.05. The normalized spacial score (nSPS) is 11.7. The van der Waals surface area contributed by atoms with E-state index >= 15 is 0 Å². The highest BCUT2D eigenvalue weighted by Crippen LogP contribution is 1.96. The third-order valence-corrected chi connectivity index (χ3v) is 1.88. The minimum atomic E-state index is 0.736. The number of fused-ring (bicyclic) bond motifs is 1. The fraction of sp³-hybridized carbons (Fsp3) is 0. The van der Waals surface area contributed by atoms with E-state index in [0.717, 1.165) is 15.5 Å². The van der Waals surface area contributed by atoms with E-state index in [1.165, 1.54) is 0 Å². The monoisotopic (exact) mass is 160 g/mol. The highest BCUT2D eigenvalue weighted by molar-refractivity contribution is 6.30. The van der Waals surface area contributed by atoms with E-state index in [0.29, 0.717) is 0 Å². The first-order chi connectivity index (χ1) is 5.38. The fourth-order valence-corrected chi connectivity index (χ4v) is 1.28. The van der Waals surface area contributed by atoms with Crippen LogP contribution >= 0.6 is 11.6 Å². The van der Waals surface area contributed by atoms with E-state index in [2.05, 4.69) is 11.5 Å². The van der Waals surface area contributed by atoms with Gasteiger partial charge < -0.3 is 0 Å². The molecule has 1 aliphatic rings. The molecule has 0 saturated heterocycles. The second kappa shape index (κ2) is 2.45. The summed E-state index contributed by atoms with van der Waals surface area (Å²) in [7, 11) is 0. The Bertz CT molecular complexity index is 470. The van der Waals surface area contributed by atoms with Crippen LogP contribution in [0.2, 0.25) is 5.02 Å². The lowest BCUT2D eigenvalue weighted by atomic mass is 10.2. The van der Waals surface area contributed by atoms with Crippen LogP contribution in [0.25, 0.3) is 11.5 Å².